The third-order valence-electron chi connectivity index (χ3n) is 2.50. The van der Waals surface area contributed by atoms with E-state index >= 15 is 0 Å². The second kappa shape index (κ2) is 6.45. The number of aryl methyl sites for hydroxylation is 1. The highest BCUT2D eigenvalue weighted by Gasteiger charge is 2.05. The fourth-order valence-corrected chi connectivity index (χ4v) is 1.50. The van der Waals surface area contributed by atoms with Crippen LogP contribution in [0.3, 0.4) is 0 Å². The zero-order valence-electron chi connectivity index (χ0n) is 10.2. The highest BCUT2D eigenvalue weighted by molar-refractivity contribution is 5.26. The molecule has 16 heavy (non-hydrogen) atoms. The van der Waals surface area contributed by atoms with Crippen molar-refractivity contribution in [3.63, 3.8) is 0 Å². The highest BCUT2D eigenvalue weighted by Crippen LogP contribution is 2.13. The number of pyridine rings is 1. The van der Waals surface area contributed by atoms with Crippen LogP contribution in [-0.2, 0) is 6.54 Å². The van der Waals surface area contributed by atoms with Crippen molar-refractivity contribution in [2.24, 2.45) is 0 Å². The van der Waals surface area contributed by atoms with Crippen LogP contribution in [-0.4, -0.2) is 29.8 Å². The third-order valence-corrected chi connectivity index (χ3v) is 2.50. The second-order valence-corrected chi connectivity index (χ2v) is 3.81. The van der Waals surface area contributed by atoms with Gasteiger partial charge in [0.05, 0.1) is 19.4 Å². The van der Waals surface area contributed by atoms with E-state index in [-0.39, 0.29) is 12.6 Å². The molecular formula is C12H20N2O2. The molecule has 0 aliphatic rings. The van der Waals surface area contributed by atoms with Gasteiger partial charge in [-0.25, -0.2) is 0 Å². The summed E-state index contributed by atoms with van der Waals surface area (Å²) >= 11 is 0. The Balaban J connectivity index is 2.62. The molecule has 1 aromatic heterocycles. The Morgan fingerprint density at radius 2 is 2.25 bits per heavy atom. The monoisotopic (exact) mass is 224 g/mol. The van der Waals surface area contributed by atoms with Gasteiger partial charge in [-0.05, 0) is 13.3 Å². The Kier molecular flexibility index (Phi) is 5.22. The fourth-order valence-electron chi connectivity index (χ4n) is 1.50. The van der Waals surface area contributed by atoms with Gasteiger partial charge >= 0.3 is 0 Å². The van der Waals surface area contributed by atoms with E-state index in [2.05, 4.69) is 10.3 Å². The maximum atomic E-state index is 9.05. The van der Waals surface area contributed by atoms with Crippen LogP contribution < -0.4 is 10.1 Å². The van der Waals surface area contributed by atoms with Crippen molar-refractivity contribution < 1.29 is 9.84 Å². The molecule has 1 heterocycles. The van der Waals surface area contributed by atoms with Gasteiger partial charge in [-0.1, -0.05) is 6.92 Å². The number of nitrogens with zero attached hydrogens (tertiary/aromatic N) is 1. The van der Waals surface area contributed by atoms with E-state index in [9.17, 15) is 0 Å². The molecule has 1 aromatic rings. The minimum Gasteiger partial charge on any atom is -0.497 e. The number of hydrogen-bond donors (Lipinski definition) is 2. The van der Waals surface area contributed by atoms with Gasteiger partial charge in [-0.15, -0.1) is 0 Å². The summed E-state index contributed by atoms with van der Waals surface area (Å²) in [5.41, 5.74) is 1.87. The first kappa shape index (κ1) is 12.9. The predicted molar refractivity (Wildman–Crippen MR) is 63.5 cm³/mol. The first-order chi connectivity index (χ1) is 7.69. The lowest BCUT2D eigenvalue weighted by Gasteiger charge is -2.14. The molecular weight excluding hydrogens is 204 g/mol. The summed E-state index contributed by atoms with van der Waals surface area (Å²) in [4.78, 5) is 4.40. The molecule has 4 heteroatoms. The van der Waals surface area contributed by atoms with Crippen molar-refractivity contribution in [2.75, 3.05) is 13.7 Å². The van der Waals surface area contributed by atoms with Crippen LogP contribution in [0.5, 0.6) is 5.75 Å². The molecule has 0 fully saturated rings. The largest absolute Gasteiger partial charge is 0.497 e. The predicted octanol–water partition coefficient (Wildman–Crippen LogP) is 1.26. The summed E-state index contributed by atoms with van der Waals surface area (Å²) in [6, 6.07) is 3.94. The van der Waals surface area contributed by atoms with E-state index in [1.165, 1.54) is 0 Å². The maximum Gasteiger partial charge on any atom is 0.122 e. The van der Waals surface area contributed by atoms with Crippen LogP contribution in [0.15, 0.2) is 12.1 Å². The Hall–Kier alpha value is -1.13. The average molecular weight is 224 g/mol. The van der Waals surface area contributed by atoms with Crippen LogP contribution in [0.25, 0.3) is 0 Å². The molecule has 0 bridgehead atoms. The number of aliphatic hydroxyl groups is 1. The normalized spacial score (nSPS) is 12.5. The van der Waals surface area contributed by atoms with Gasteiger partial charge in [-0.2, -0.15) is 0 Å². The summed E-state index contributed by atoms with van der Waals surface area (Å²) < 4.78 is 5.18. The van der Waals surface area contributed by atoms with Crippen LogP contribution in [0.2, 0.25) is 0 Å². The van der Waals surface area contributed by atoms with Crippen molar-refractivity contribution in [2.45, 2.75) is 32.9 Å². The van der Waals surface area contributed by atoms with Crippen LogP contribution in [0, 0.1) is 6.92 Å². The standard InChI is InChI=1S/C12H20N2O2/c1-4-10(8-15)13-7-11-6-12(16-3)5-9(2)14-11/h5-6,10,13,15H,4,7-8H2,1-3H3. The topological polar surface area (TPSA) is 54.4 Å². The van der Waals surface area contributed by atoms with E-state index in [1.807, 2.05) is 26.0 Å². The number of nitrogens with one attached hydrogen (secondary N) is 1. The van der Waals surface area contributed by atoms with E-state index in [1.54, 1.807) is 7.11 Å². The molecule has 1 unspecified atom stereocenters. The third kappa shape index (κ3) is 3.79. The Bertz CT molecular complexity index is 325. The zero-order valence-corrected chi connectivity index (χ0v) is 10.2. The van der Waals surface area contributed by atoms with Crippen molar-refractivity contribution >= 4 is 0 Å². The van der Waals surface area contributed by atoms with Gasteiger partial charge in [-0.3, -0.25) is 4.98 Å². The highest BCUT2D eigenvalue weighted by atomic mass is 16.5. The quantitative estimate of drug-likeness (QED) is 0.764. The van der Waals surface area contributed by atoms with Gasteiger partial charge < -0.3 is 15.2 Å². The lowest BCUT2D eigenvalue weighted by Crippen LogP contribution is -2.31. The van der Waals surface area contributed by atoms with Gasteiger partial charge in [0.15, 0.2) is 0 Å². The number of aromatic nitrogens is 1. The molecule has 4 nitrogen and oxygen atoms in total. The molecule has 0 radical (unpaired) electrons. The van der Waals surface area contributed by atoms with Gasteiger partial charge in [0.25, 0.3) is 0 Å². The minimum atomic E-state index is 0.133. The lowest BCUT2D eigenvalue weighted by atomic mass is 10.2. The smallest absolute Gasteiger partial charge is 0.122 e. The van der Waals surface area contributed by atoms with E-state index in [0.29, 0.717) is 6.54 Å². The summed E-state index contributed by atoms with van der Waals surface area (Å²) in [5, 5.41) is 12.3. The molecule has 2 N–H and O–H groups in total. The lowest BCUT2D eigenvalue weighted by molar-refractivity contribution is 0.238. The molecule has 1 rings (SSSR count). The Morgan fingerprint density at radius 1 is 1.50 bits per heavy atom. The van der Waals surface area contributed by atoms with Crippen LogP contribution in [0.1, 0.15) is 24.7 Å². The Morgan fingerprint density at radius 3 is 2.81 bits per heavy atom. The molecule has 1 atom stereocenters. The fraction of sp³-hybridized carbons (Fsp3) is 0.583. The minimum absolute atomic E-state index is 0.133. The molecule has 0 aliphatic heterocycles. The molecule has 0 saturated heterocycles. The zero-order chi connectivity index (χ0) is 12.0. The van der Waals surface area contributed by atoms with Crippen molar-refractivity contribution in [3.05, 3.63) is 23.5 Å². The molecule has 0 spiro atoms. The number of hydrogen-bond acceptors (Lipinski definition) is 4. The molecule has 0 aliphatic carbocycles. The molecule has 0 aromatic carbocycles. The van der Waals surface area contributed by atoms with Crippen LogP contribution in [0.4, 0.5) is 0 Å². The van der Waals surface area contributed by atoms with E-state index in [4.69, 9.17) is 9.84 Å². The maximum absolute atomic E-state index is 9.05. The summed E-state index contributed by atoms with van der Waals surface area (Å²) in [7, 11) is 1.65. The van der Waals surface area contributed by atoms with E-state index < -0.39 is 0 Å². The summed E-state index contributed by atoms with van der Waals surface area (Å²) in [5.74, 6) is 0.821. The summed E-state index contributed by atoms with van der Waals surface area (Å²) in [6.45, 7) is 4.78. The average Bonchev–Trinajstić information content (AvgIpc) is 2.29. The number of rotatable bonds is 6. The van der Waals surface area contributed by atoms with Crippen molar-refractivity contribution in [3.8, 4) is 5.75 Å². The molecule has 0 saturated carbocycles. The van der Waals surface area contributed by atoms with Crippen LogP contribution >= 0.6 is 0 Å². The van der Waals surface area contributed by atoms with Crippen molar-refractivity contribution in [1.29, 1.82) is 0 Å². The number of aliphatic hydroxyl groups excluding tert-OH is 1. The van der Waals surface area contributed by atoms with Gasteiger partial charge in [0, 0.05) is 30.4 Å². The Labute approximate surface area is 96.7 Å². The SMILES string of the molecule is CCC(CO)NCc1cc(OC)cc(C)n1. The van der Waals surface area contributed by atoms with Gasteiger partial charge in [0.1, 0.15) is 5.75 Å². The van der Waals surface area contributed by atoms with Gasteiger partial charge in [0.2, 0.25) is 0 Å². The molecule has 90 valence electrons. The van der Waals surface area contributed by atoms with E-state index in [0.717, 1.165) is 23.6 Å². The summed E-state index contributed by atoms with van der Waals surface area (Å²) in [6.07, 6.45) is 0.902. The number of ether oxygens (including phenoxy) is 1. The second-order valence-electron chi connectivity index (χ2n) is 3.81. The first-order valence-electron chi connectivity index (χ1n) is 5.55. The van der Waals surface area contributed by atoms with Crippen molar-refractivity contribution in [1.82, 2.24) is 10.3 Å². The first-order valence-corrected chi connectivity index (χ1v) is 5.55. The molecule has 0 amide bonds. The number of methoxy groups -OCH3 is 1.